The first-order valence-electron chi connectivity index (χ1n) is 9.84. The zero-order valence-corrected chi connectivity index (χ0v) is 18.4. The van der Waals surface area contributed by atoms with Crippen LogP contribution in [0.25, 0.3) is 0 Å². The third-order valence-electron chi connectivity index (χ3n) is 4.68. The summed E-state index contributed by atoms with van der Waals surface area (Å²) in [6, 6.07) is 6.94. The third-order valence-corrected chi connectivity index (χ3v) is 6.62. The summed E-state index contributed by atoms with van der Waals surface area (Å²) in [5, 5.41) is 6.67. The van der Waals surface area contributed by atoms with Gasteiger partial charge in [0, 0.05) is 59.7 Å². The number of hydrogen-bond acceptors (Lipinski definition) is 4. The maximum Gasteiger partial charge on any atom is 0.387 e. The summed E-state index contributed by atoms with van der Waals surface area (Å²) in [7, 11) is 0.811. The molecule has 2 rings (SSSR count). The number of halogens is 2. The van der Waals surface area contributed by atoms with Crippen LogP contribution in [0, 0.1) is 0 Å². The number of hydrogen-bond donors (Lipinski definition) is 2. The van der Waals surface area contributed by atoms with Gasteiger partial charge in [-0.1, -0.05) is 0 Å². The number of aliphatic imine (C=N–C) groups is 1. The van der Waals surface area contributed by atoms with Gasteiger partial charge in [-0.05, 0) is 57.9 Å². The van der Waals surface area contributed by atoms with Crippen LogP contribution in [-0.2, 0) is 10.8 Å². The Bertz CT molecular complexity index is 693. The molecule has 6 nitrogen and oxygen atoms in total. The van der Waals surface area contributed by atoms with Gasteiger partial charge in [0.2, 0.25) is 0 Å². The van der Waals surface area contributed by atoms with E-state index in [0.717, 1.165) is 31.6 Å². The average molecular weight is 431 g/mol. The maximum atomic E-state index is 12.3. The molecule has 1 aliphatic rings. The van der Waals surface area contributed by atoms with E-state index in [1.807, 2.05) is 20.8 Å². The number of ether oxygens (including phenoxy) is 1. The monoisotopic (exact) mass is 430 g/mol. The van der Waals surface area contributed by atoms with Crippen LogP contribution in [0.1, 0.15) is 33.6 Å². The molecule has 1 fully saturated rings. The summed E-state index contributed by atoms with van der Waals surface area (Å²) in [5.74, 6) is 1.42. The quantitative estimate of drug-likeness (QED) is 0.514. The van der Waals surface area contributed by atoms with Gasteiger partial charge in [0.15, 0.2) is 5.96 Å². The highest BCUT2D eigenvalue weighted by Gasteiger charge is 2.22. The predicted molar refractivity (Wildman–Crippen MR) is 116 cm³/mol. The molecule has 0 spiro atoms. The first-order chi connectivity index (χ1) is 13.7. The molecule has 0 bridgehead atoms. The van der Waals surface area contributed by atoms with Crippen molar-refractivity contribution in [2.45, 2.75) is 51.0 Å². The highest BCUT2D eigenvalue weighted by molar-refractivity contribution is 7.86. The number of piperidine rings is 1. The van der Waals surface area contributed by atoms with Gasteiger partial charge in [0.05, 0.1) is 0 Å². The van der Waals surface area contributed by atoms with E-state index in [9.17, 15) is 13.0 Å². The molecular weight excluding hydrogens is 398 g/mol. The Labute approximate surface area is 174 Å². The molecule has 1 aliphatic heterocycles. The van der Waals surface area contributed by atoms with Crippen molar-refractivity contribution in [2.75, 3.05) is 37.3 Å². The van der Waals surface area contributed by atoms with Crippen LogP contribution in [0.5, 0.6) is 5.75 Å². The van der Waals surface area contributed by atoms with Crippen LogP contribution < -0.4 is 20.3 Å². The number of benzene rings is 1. The Kier molecular flexibility index (Phi) is 8.67. The summed E-state index contributed by atoms with van der Waals surface area (Å²) in [6.45, 7) is 5.38. The van der Waals surface area contributed by atoms with Gasteiger partial charge < -0.3 is 20.3 Å². The van der Waals surface area contributed by atoms with Crippen LogP contribution >= 0.6 is 0 Å². The van der Waals surface area contributed by atoms with Crippen molar-refractivity contribution in [1.82, 2.24) is 10.6 Å². The maximum absolute atomic E-state index is 12.3. The molecule has 29 heavy (non-hydrogen) atoms. The van der Waals surface area contributed by atoms with Crippen molar-refractivity contribution in [1.29, 1.82) is 0 Å². The van der Waals surface area contributed by atoms with Crippen LogP contribution in [0.4, 0.5) is 14.5 Å². The average Bonchev–Trinajstić information content (AvgIpc) is 2.66. The lowest BCUT2D eigenvalue weighted by molar-refractivity contribution is -0.0498. The van der Waals surface area contributed by atoms with E-state index in [0.29, 0.717) is 18.3 Å². The number of nitrogens with one attached hydrogen (secondary N) is 2. The van der Waals surface area contributed by atoms with Gasteiger partial charge >= 0.3 is 6.61 Å². The summed E-state index contributed by atoms with van der Waals surface area (Å²) >= 11 is 0. The second-order valence-corrected chi connectivity index (χ2v) is 10.3. The Hall–Kier alpha value is -1.90. The second kappa shape index (κ2) is 10.8. The minimum absolute atomic E-state index is 0.160. The van der Waals surface area contributed by atoms with Crippen molar-refractivity contribution in [3.8, 4) is 5.75 Å². The first-order valence-corrected chi connectivity index (χ1v) is 11.2. The summed E-state index contributed by atoms with van der Waals surface area (Å²) < 4.78 is 40.9. The number of anilines is 1. The smallest absolute Gasteiger partial charge is 0.387 e. The number of nitrogens with zero attached hydrogens (tertiary/aromatic N) is 2. The Balaban J connectivity index is 1.85. The van der Waals surface area contributed by atoms with Crippen molar-refractivity contribution in [2.24, 2.45) is 4.99 Å². The lowest BCUT2D eigenvalue weighted by Crippen LogP contribution is -2.51. The molecule has 0 aromatic heterocycles. The third kappa shape index (κ3) is 7.79. The fourth-order valence-electron chi connectivity index (χ4n) is 3.12. The topological polar surface area (TPSA) is 66.0 Å². The van der Waals surface area contributed by atoms with Crippen LogP contribution in [0.2, 0.25) is 0 Å². The Morgan fingerprint density at radius 2 is 2.03 bits per heavy atom. The molecule has 2 N–H and O–H groups in total. The second-order valence-electron chi connectivity index (χ2n) is 7.96. The van der Waals surface area contributed by atoms with Crippen molar-refractivity contribution in [3.63, 3.8) is 0 Å². The first kappa shape index (κ1) is 23.4. The molecule has 1 aromatic carbocycles. The SMILES string of the molecule is CN=C(NCCS(=O)C(C)(C)C)NC1CCCN(c2ccc(OC(F)F)cc2)C1. The Morgan fingerprint density at radius 1 is 1.34 bits per heavy atom. The molecule has 0 amide bonds. The van der Waals surface area contributed by atoms with Crippen LogP contribution in [-0.4, -0.2) is 60.0 Å². The molecule has 2 atom stereocenters. The van der Waals surface area contributed by atoms with Gasteiger partial charge in [-0.3, -0.25) is 9.20 Å². The molecule has 0 saturated carbocycles. The zero-order valence-electron chi connectivity index (χ0n) is 17.6. The fourth-order valence-corrected chi connectivity index (χ4v) is 4.02. The number of alkyl halides is 2. The lowest BCUT2D eigenvalue weighted by atomic mass is 10.0. The molecule has 0 radical (unpaired) electrons. The normalized spacial score (nSPS) is 19.2. The molecule has 1 aromatic rings. The molecule has 9 heteroatoms. The van der Waals surface area contributed by atoms with E-state index in [1.54, 1.807) is 31.3 Å². The molecule has 1 saturated heterocycles. The van der Waals surface area contributed by atoms with Crippen LogP contribution in [0.15, 0.2) is 29.3 Å². The molecule has 0 aliphatic carbocycles. The minimum Gasteiger partial charge on any atom is -0.435 e. The van der Waals surface area contributed by atoms with Crippen molar-refractivity contribution in [3.05, 3.63) is 24.3 Å². The lowest BCUT2D eigenvalue weighted by Gasteiger charge is -2.35. The van der Waals surface area contributed by atoms with E-state index in [4.69, 9.17) is 0 Å². The standard InChI is InChI=1S/C20H32F2N4O2S/c1-20(2,3)29(27)13-11-24-19(23-4)25-15-6-5-12-26(14-15)16-7-9-17(10-8-16)28-18(21)22/h7-10,15,18H,5-6,11-14H2,1-4H3,(H2,23,24,25). The number of rotatable bonds is 7. The molecule has 1 heterocycles. The van der Waals surface area contributed by atoms with Crippen LogP contribution in [0.3, 0.4) is 0 Å². The minimum atomic E-state index is -2.82. The van der Waals surface area contributed by atoms with E-state index in [-0.39, 0.29) is 16.5 Å². The zero-order chi connectivity index (χ0) is 21.4. The number of guanidine groups is 1. The largest absolute Gasteiger partial charge is 0.435 e. The van der Waals surface area contributed by atoms with Crippen molar-refractivity contribution < 1.29 is 17.7 Å². The summed E-state index contributed by atoms with van der Waals surface area (Å²) in [5.41, 5.74) is 0.974. The van der Waals surface area contributed by atoms with E-state index < -0.39 is 17.4 Å². The van der Waals surface area contributed by atoms with E-state index >= 15 is 0 Å². The van der Waals surface area contributed by atoms with Gasteiger partial charge in [0.1, 0.15) is 5.75 Å². The summed E-state index contributed by atoms with van der Waals surface area (Å²) in [6.07, 6.45) is 2.02. The molecule has 164 valence electrons. The molecule has 2 unspecified atom stereocenters. The van der Waals surface area contributed by atoms with E-state index in [2.05, 4.69) is 25.3 Å². The summed E-state index contributed by atoms with van der Waals surface area (Å²) in [4.78, 5) is 6.49. The molecular formula is C20H32F2N4O2S. The van der Waals surface area contributed by atoms with Gasteiger partial charge in [0.25, 0.3) is 0 Å². The predicted octanol–water partition coefficient (Wildman–Crippen LogP) is 2.97. The van der Waals surface area contributed by atoms with Gasteiger partial charge in [-0.15, -0.1) is 0 Å². The van der Waals surface area contributed by atoms with Gasteiger partial charge in [-0.2, -0.15) is 8.78 Å². The highest BCUT2D eigenvalue weighted by Crippen LogP contribution is 2.23. The van der Waals surface area contributed by atoms with Gasteiger partial charge in [-0.25, -0.2) is 0 Å². The highest BCUT2D eigenvalue weighted by atomic mass is 32.2. The van der Waals surface area contributed by atoms with Crippen molar-refractivity contribution >= 4 is 22.4 Å². The fraction of sp³-hybridized carbons (Fsp3) is 0.650. The Morgan fingerprint density at radius 3 is 2.62 bits per heavy atom. The van der Waals surface area contributed by atoms with E-state index in [1.165, 1.54) is 0 Å².